The van der Waals surface area contributed by atoms with E-state index in [0.29, 0.717) is 17.2 Å². The second kappa shape index (κ2) is 8.21. The highest BCUT2D eigenvalue weighted by Crippen LogP contribution is 2.39. The quantitative estimate of drug-likeness (QED) is 0.575. The number of likely N-dealkylation sites (N-methyl/N-ethyl adjacent to an activating group) is 1. The summed E-state index contributed by atoms with van der Waals surface area (Å²) in [6.45, 7) is 5.65. The number of carbonyl (C=O) groups is 1. The van der Waals surface area contributed by atoms with Crippen LogP contribution in [-0.2, 0) is 22.5 Å². The molecule has 0 aliphatic carbocycles. The largest absolute Gasteiger partial charge is 0.465 e. The molecule has 3 rings (SSSR count). The van der Waals surface area contributed by atoms with Crippen molar-refractivity contribution >= 4 is 29.1 Å². The van der Waals surface area contributed by atoms with E-state index in [0.717, 1.165) is 41.2 Å². The molecule has 0 N–H and O–H groups in total. The van der Waals surface area contributed by atoms with E-state index in [4.69, 9.17) is 9.72 Å². The zero-order valence-corrected chi connectivity index (χ0v) is 16.7. The maximum atomic E-state index is 12.0. The van der Waals surface area contributed by atoms with Crippen molar-refractivity contribution in [3.8, 4) is 16.5 Å². The number of pyridine rings is 1. The zero-order chi connectivity index (χ0) is 18.7. The minimum Gasteiger partial charge on any atom is -0.465 e. The van der Waals surface area contributed by atoms with Crippen LogP contribution < -0.4 is 0 Å². The number of fused-ring (bicyclic) bond motifs is 1. The van der Waals surface area contributed by atoms with E-state index in [1.165, 1.54) is 11.8 Å². The molecule has 2 aromatic heterocycles. The van der Waals surface area contributed by atoms with Crippen LogP contribution in [0.5, 0.6) is 0 Å². The third kappa shape index (κ3) is 3.78. The molecule has 0 unspecified atom stereocenters. The molecule has 1 atom stereocenters. The third-order valence-corrected chi connectivity index (χ3v) is 6.25. The Hall–Kier alpha value is -1.88. The summed E-state index contributed by atoms with van der Waals surface area (Å²) in [5, 5.41) is 12.1. The highest BCUT2D eigenvalue weighted by molar-refractivity contribution is 8.00. The van der Waals surface area contributed by atoms with E-state index in [1.807, 2.05) is 17.5 Å². The fourth-order valence-electron chi connectivity index (χ4n) is 3.03. The van der Waals surface area contributed by atoms with Gasteiger partial charge in [-0.25, -0.2) is 4.98 Å². The lowest BCUT2D eigenvalue weighted by Crippen LogP contribution is -2.28. The van der Waals surface area contributed by atoms with Crippen LogP contribution in [0.2, 0.25) is 0 Å². The molecule has 1 aliphatic heterocycles. The van der Waals surface area contributed by atoms with Crippen LogP contribution in [0.25, 0.3) is 10.4 Å². The highest BCUT2D eigenvalue weighted by Gasteiger charge is 2.27. The van der Waals surface area contributed by atoms with Crippen molar-refractivity contribution in [2.24, 2.45) is 0 Å². The SMILES string of the molecule is CCOC(=O)[C@@H](C)Sc1nc2c(c(-c3cccs3)c1C#N)CN(C)CC2. The Balaban J connectivity index is 2.10. The standard InChI is InChI=1S/C19H21N3O2S2/c1-4-24-19(23)12(2)26-18-13(10-20)17(16-6-5-9-25-16)14-11-22(3)8-7-15(14)21-18/h5-6,9,12H,4,7-8,11H2,1-3H3/t12-/m1/s1. The maximum Gasteiger partial charge on any atom is 0.319 e. The number of rotatable bonds is 5. The van der Waals surface area contributed by atoms with Crippen molar-refractivity contribution < 1.29 is 9.53 Å². The van der Waals surface area contributed by atoms with Crippen LogP contribution in [-0.4, -0.2) is 41.3 Å². The first-order chi connectivity index (χ1) is 12.5. The summed E-state index contributed by atoms with van der Waals surface area (Å²) < 4.78 is 5.10. The highest BCUT2D eigenvalue weighted by atomic mass is 32.2. The molecule has 5 nitrogen and oxygen atoms in total. The fraction of sp³-hybridized carbons (Fsp3) is 0.421. The molecule has 0 aromatic carbocycles. The minimum absolute atomic E-state index is 0.279. The van der Waals surface area contributed by atoms with E-state index in [2.05, 4.69) is 18.0 Å². The van der Waals surface area contributed by atoms with E-state index < -0.39 is 5.25 Å². The van der Waals surface area contributed by atoms with Crippen molar-refractivity contribution in [3.05, 3.63) is 34.3 Å². The van der Waals surface area contributed by atoms with E-state index >= 15 is 0 Å². The molecule has 0 saturated heterocycles. The van der Waals surface area contributed by atoms with E-state index in [-0.39, 0.29) is 5.97 Å². The van der Waals surface area contributed by atoms with Crippen LogP contribution in [0, 0.1) is 11.3 Å². The zero-order valence-electron chi connectivity index (χ0n) is 15.1. The van der Waals surface area contributed by atoms with Crippen LogP contribution in [0.4, 0.5) is 0 Å². The van der Waals surface area contributed by atoms with E-state index in [1.54, 1.807) is 25.2 Å². The first kappa shape index (κ1) is 18.9. The molecule has 0 spiro atoms. The monoisotopic (exact) mass is 387 g/mol. The molecular formula is C19H21N3O2S2. The van der Waals surface area contributed by atoms with Gasteiger partial charge in [0.1, 0.15) is 16.3 Å². The summed E-state index contributed by atoms with van der Waals surface area (Å²) in [5.41, 5.74) is 3.69. The van der Waals surface area contributed by atoms with Crippen molar-refractivity contribution in [2.75, 3.05) is 20.2 Å². The van der Waals surface area contributed by atoms with Crippen LogP contribution in [0.1, 0.15) is 30.7 Å². The van der Waals surface area contributed by atoms with Gasteiger partial charge in [0.05, 0.1) is 12.2 Å². The molecule has 0 amide bonds. The van der Waals surface area contributed by atoms with Gasteiger partial charge in [-0.2, -0.15) is 5.26 Å². The fourth-order valence-corrected chi connectivity index (χ4v) is 4.76. The predicted molar refractivity (Wildman–Crippen MR) is 104 cm³/mol. The van der Waals surface area contributed by atoms with Crippen LogP contribution in [0.3, 0.4) is 0 Å². The lowest BCUT2D eigenvalue weighted by Gasteiger charge is -2.27. The van der Waals surface area contributed by atoms with Gasteiger partial charge >= 0.3 is 5.97 Å². The predicted octanol–water partition coefficient (Wildman–Crippen LogP) is 3.71. The number of ether oxygens (including phenoxy) is 1. The summed E-state index contributed by atoms with van der Waals surface area (Å²) in [6.07, 6.45) is 0.845. The molecule has 0 fully saturated rings. The van der Waals surface area contributed by atoms with Crippen molar-refractivity contribution in [2.45, 2.75) is 37.1 Å². The molecule has 136 valence electrons. The summed E-state index contributed by atoms with van der Waals surface area (Å²) in [5.74, 6) is -0.279. The summed E-state index contributed by atoms with van der Waals surface area (Å²) in [7, 11) is 2.08. The van der Waals surface area contributed by atoms with Crippen LogP contribution >= 0.6 is 23.1 Å². The number of esters is 1. The van der Waals surface area contributed by atoms with Gasteiger partial charge in [0.15, 0.2) is 0 Å². The number of nitrogens with zero attached hydrogens (tertiary/aromatic N) is 3. The Bertz CT molecular complexity index is 843. The number of thiophene rings is 1. The Morgan fingerprint density at radius 2 is 2.38 bits per heavy atom. The number of nitriles is 1. The second-order valence-electron chi connectivity index (χ2n) is 6.18. The number of thioether (sulfide) groups is 1. The Morgan fingerprint density at radius 3 is 3.04 bits per heavy atom. The molecule has 2 aromatic rings. The average Bonchev–Trinajstić information content (AvgIpc) is 3.15. The second-order valence-corrected chi connectivity index (χ2v) is 8.46. The minimum atomic E-state index is -0.407. The van der Waals surface area contributed by atoms with Gasteiger partial charge in [-0.3, -0.25) is 4.79 Å². The van der Waals surface area contributed by atoms with Gasteiger partial charge in [0, 0.05) is 35.6 Å². The molecule has 7 heteroatoms. The molecule has 26 heavy (non-hydrogen) atoms. The van der Waals surface area contributed by atoms with Crippen molar-refractivity contribution in [1.29, 1.82) is 5.26 Å². The van der Waals surface area contributed by atoms with Gasteiger partial charge in [-0.05, 0) is 37.9 Å². The lowest BCUT2D eigenvalue weighted by atomic mass is 9.96. The smallest absolute Gasteiger partial charge is 0.319 e. The Kier molecular flexibility index (Phi) is 5.97. The summed E-state index contributed by atoms with van der Waals surface area (Å²) in [4.78, 5) is 20.1. The Labute approximate surface area is 162 Å². The molecule has 3 heterocycles. The van der Waals surface area contributed by atoms with Gasteiger partial charge < -0.3 is 9.64 Å². The van der Waals surface area contributed by atoms with Gasteiger partial charge in [0.25, 0.3) is 0 Å². The Morgan fingerprint density at radius 1 is 1.58 bits per heavy atom. The normalized spacial score (nSPS) is 15.2. The molecular weight excluding hydrogens is 366 g/mol. The number of hydrogen-bond donors (Lipinski definition) is 0. The molecule has 1 aliphatic rings. The topological polar surface area (TPSA) is 66.2 Å². The summed E-state index contributed by atoms with van der Waals surface area (Å²) >= 11 is 2.93. The molecule has 0 saturated carbocycles. The maximum absolute atomic E-state index is 12.0. The molecule has 0 bridgehead atoms. The van der Waals surface area contributed by atoms with Gasteiger partial charge in [-0.15, -0.1) is 11.3 Å². The lowest BCUT2D eigenvalue weighted by molar-refractivity contribution is -0.142. The average molecular weight is 388 g/mol. The van der Waals surface area contributed by atoms with Crippen LogP contribution in [0.15, 0.2) is 22.5 Å². The first-order valence-electron chi connectivity index (χ1n) is 8.56. The number of carbonyl (C=O) groups excluding carboxylic acids is 1. The van der Waals surface area contributed by atoms with E-state index in [9.17, 15) is 10.1 Å². The first-order valence-corrected chi connectivity index (χ1v) is 10.3. The van der Waals surface area contributed by atoms with Crippen molar-refractivity contribution in [1.82, 2.24) is 9.88 Å². The summed E-state index contributed by atoms with van der Waals surface area (Å²) in [6, 6.07) is 6.38. The number of aromatic nitrogens is 1. The van der Waals surface area contributed by atoms with Crippen molar-refractivity contribution in [3.63, 3.8) is 0 Å². The number of hydrogen-bond acceptors (Lipinski definition) is 7. The van der Waals surface area contributed by atoms with Gasteiger partial charge in [0.2, 0.25) is 0 Å². The third-order valence-electron chi connectivity index (χ3n) is 4.30. The molecule has 0 radical (unpaired) electrons. The van der Waals surface area contributed by atoms with Gasteiger partial charge in [-0.1, -0.05) is 17.8 Å².